The summed E-state index contributed by atoms with van der Waals surface area (Å²) in [6.07, 6.45) is 0.824. The first-order valence-electron chi connectivity index (χ1n) is 10.7. The molecule has 0 rings (SSSR count). The number of aliphatic hydroxyl groups excluding tert-OH is 1. The summed E-state index contributed by atoms with van der Waals surface area (Å²) in [5, 5.41) is 25.7. The maximum absolute atomic E-state index is 12.7. The van der Waals surface area contributed by atoms with E-state index in [1.165, 1.54) is 13.8 Å². The van der Waals surface area contributed by atoms with Crippen LogP contribution in [0.4, 0.5) is 0 Å². The first kappa shape index (κ1) is 30.0. The van der Waals surface area contributed by atoms with Crippen molar-refractivity contribution >= 4 is 29.7 Å². The number of aliphatic imine (C=N–C) groups is 1. The van der Waals surface area contributed by atoms with Gasteiger partial charge in [-0.25, -0.2) is 4.79 Å². The van der Waals surface area contributed by atoms with Crippen molar-refractivity contribution in [3.63, 3.8) is 0 Å². The van der Waals surface area contributed by atoms with Gasteiger partial charge in [0.05, 0.1) is 12.1 Å². The molecule has 3 amide bonds. The summed E-state index contributed by atoms with van der Waals surface area (Å²) in [6, 6.07) is -4.53. The molecule has 0 aliphatic heterocycles. The molecule has 0 bridgehead atoms. The number of carbonyl (C=O) groups excluding carboxylic acids is 3. The first-order valence-corrected chi connectivity index (χ1v) is 10.7. The number of nitrogens with one attached hydrogen (secondary N) is 3. The zero-order valence-corrected chi connectivity index (χ0v) is 19.1. The van der Waals surface area contributed by atoms with Gasteiger partial charge in [-0.1, -0.05) is 0 Å². The number of carboxylic acids is 1. The van der Waals surface area contributed by atoms with Crippen LogP contribution in [0.3, 0.4) is 0 Å². The molecule has 190 valence electrons. The number of unbranched alkanes of at least 4 members (excludes halogenated alkanes) is 1. The SMILES string of the molecule is CC(NC(=O)C(CCCCN)NC(=O)C(N)CCCN=C(N)N)C(=O)NC(C(=O)O)C(C)O. The molecule has 14 heteroatoms. The molecule has 14 nitrogen and oxygen atoms in total. The fraction of sp³-hybridized carbons (Fsp3) is 0.737. The van der Waals surface area contributed by atoms with Crippen molar-refractivity contribution in [2.75, 3.05) is 13.1 Å². The minimum absolute atomic E-state index is 0.0639. The van der Waals surface area contributed by atoms with Gasteiger partial charge in [-0.05, 0) is 52.5 Å². The third-order valence-corrected chi connectivity index (χ3v) is 4.68. The number of hydrogen-bond acceptors (Lipinski definition) is 8. The predicted octanol–water partition coefficient (Wildman–Crippen LogP) is -3.56. The number of hydrogen-bond donors (Lipinski definition) is 9. The molecule has 13 N–H and O–H groups in total. The number of carboxylic acid groups (broad SMARTS) is 1. The first-order chi connectivity index (χ1) is 15.4. The molecule has 0 aliphatic carbocycles. The summed E-state index contributed by atoms with van der Waals surface area (Å²) in [5.74, 6) is -3.48. The molecule has 0 fully saturated rings. The zero-order chi connectivity index (χ0) is 25.6. The Hall–Kier alpha value is -2.97. The maximum Gasteiger partial charge on any atom is 0.328 e. The van der Waals surface area contributed by atoms with E-state index >= 15 is 0 Å². The van der Waals surface area contributed by atoms with Crippen molar-refractivity contribution in [2.45, 2.75) is 76.2 Å². The normalized spacial score (nSPS) is 15.3. The summed E-state index contributed by atoms with van der Waals surface area (Å²) in [5.41, 5.74) is 21.8. The highest BCUT2D eigenvalue weighted by molar-refractivity contribution is 5.93. The van der Waals surface area contributed by atoms with E-state index in [0.717, 1.165) is 0 Å². The standard InChI is InChI=1S/C19H38N8O6/c1-10(15(29)27-14(11(2)28)18(32)33)25-17(31)13(7-3-4-8-20)26-16(30)12(21)6-5-9-24-19(22)23/h10-14,28H,3-9,20-21H2,1-2H3,(H,25,31)(H,26,30)(H,27,29)(H,32,33)(H4,22,23,24). The van der Waals surface area contributed by atoms with E-state index in [2.05, 4.69) is 20.9 Å². The largest absolute Gasteiger partial charge is 0.480 e. The van der Waals surface area contributed by atoms with E-state index in [4.69, 9.17) is 28.0 Å². The van der Waals surface area contributed by atoms with Gasteiger partial charge in [0.2, 0.25) is 17.7 Å². The monoisotopic (exact) mass is 474 g/mol. The van der Waals surface area contributed by atoms with E-state index in [9.17, 15) is 24.3 Å². The summed E-state index contributed by atoms with van der Waals surface area (Å²) in [7, 11) is 0. The van der Waals surface area contributed by atoms with Gasteiger partial charge in [-0.2, -0.15) is 0 Å². The van der Waals surface area contributed by atoms with E-state index in [-0.39, 0.29) is 18.8 Å². The average molecular weight is 475 g/mol. The quantitative estimate of drug-likeness (QED) is 0.0603. The lowest BCUT2D eigenvalue weighted by Crippen LogP contribution is -2.57. The van der Waals surface area contributed by atoms with Gasteiger partial charge in [0.15, 0.2) is 12.0 Å². The Morgan fingerprint density at radius 1 is 0.909 bits per heavy atom. The molecule has 0 saturated carbocycles. The Morgan fingerprint density at radius 2 is 1.55 bits per heavy atom. The van der Waals surface area contributed by atoms with Gasteiger partial charge < -0.3 is 49.1 Å². The Bertz CT molecular complexity index is 683. The van der Waals surface area contributed by atoms with Crippen LogP contribution in [0.5, 0.6) is 0 Å². The summed E-state index contributed by atoms with van der Waals surface area (Å²) in [4.78, 5) is 52.3. The van der Waals surface area contributed by atoms with Gasteiger partial charge in [0.25, 0.3) is 0 Å². The molecule has 0 aliphatic rings. The molecule has 33 heavy (non-hydrogen) atoms. The van der Waals surface area contributed by atoms with Crippen LogP contribution >= 0.6 is 0 Å². The highest BCUT2D eigenvalue weighted by Gasteiger charge is 2.29. The van der Waals surface area contributed by atoms with Crippen LogP contribution < -0.4 is 38.9 Å². The molecule has 0 spiro atoms. The molecule has 5 unspecified atom stereocenters. The highest BCUT2D eigenvalue weighted by atomic mass is 16.4. The second-order valence-electron chi connectivity index (χ2n) is 7.70. The number of rotatable bonds is 16. The van der Waals surface area contributed by atoms with Crippen LogP contribution in [0, 0.1) is 0 Å². The van der Waals surface area contributed by atoms with Crippen LogP contribution in [0.2, 0.25) is 0 Å². The number of carbonyl (C=O) groups is 4. The molecule has 0 aromatic heterocycles. The predicted molar refractivity (Wildman–Crippen MR) is 122 cm³/mol. The van der Waals surface area contributed by atoms with Crippen molar-refractivity contribution in [3.8, 4) is 0 Å². The van der Waals surface area contributed by atoms with Crippen LogP contribution in [-0.4, -0.2) is 83.2 Å². The van der Waals surface area contributed by atoms with Crippen molar-refractivity contribution < 1.29 is 29.4 Å². The number of nitrogens with zero attached hydrogens (tertiary/aromatic N) is 1. The fourth-order valence-electron chi connectivity index (χ4n) is 2.74. The molecule has 0 aromatic carbocycles. The number of nitrogens with two attached hydrogens (primary N) is 4. The number of aliphatic carboxylic acids is 1. The average Bonchev–Trinajstić information content (AvgIpc) is 2.73. The summed E-state index contributed by atoms with van der Waals surface area (Å²) >= 11 is 0. The minimum Gasteiger partial charge on any atom is -0.480 e. The Morgan fingerprint density at radius 3 is 2.06 bits per heavy atom. The van der Waals surface area contributed by atoms with E-state index in [1.54, 1.807) is 0 Å². The molecular formula is C19H38N8O6. The summed E-state index contributed by atoms with van der Waals surface area (Å²) in [6.45, 7) is 3.27. The van der Waals surface area contributed by atoms with Gasteiger partial charge >= 0.3 is 5.97 Å². The minimum atomic E-state index is -1.53. The van der Waals surface area contributed by atoms with Gasteiger partial charge in [-0.3, -0.25) is 19.4 Å². The molecular weight excluding hydrogens is 436 g/mol. The molecule has 5 atom stereocenters. The maximum atomic E-state index is 12.7. The Kier molecular flexibility index (Phi) is 14.4. The summed E-state index contributed by atoms with van der Waals surface area (Å²) < 4.78 is 0. The van der Waals surface area contributed by atoms with Gasteiger partial charge in [0.1, 0.15) is 12.1 Å². The smallest absolute Gasteiger partial charge is 0.328 e. The topological polar surface area (TPSA) is 261 Å². The lowest BCUT2D eigenvalue weighted by atomic mass is 10.1. The van der Waals surface area contributed by atoms with Crippen LogP contribution in [0.1, 0.15) is 46.0 Å². The third kappa shape index (κ3) is 12.6. The number of aliphatic hydroxyl groups is 1. The lowest BCUT2D eigenvalue weighted by Gasteiger charge is -2.24. The van der Waals surface area contributed by atoms with Crippen molar-refractivity contribution in [1.29, 1.82) is 0 Å². The third-order valence-electron chi connectivity index (χ3n) is 4.68. The Labute approximate surface area is 192 Å². The highest BCUT2D eigenvalue weighted by Crippen LogP contribution is 2.04. The van der Waals surface area contributed by atoms with E-state index in [1.807, 2.05) is 0 Å². The molecule has 0 heterocycles. The Balaban J connectivity index is 5.01. The molecule has 0 saturated heterocycles. The van der Waals surface area contributed by atoms with Crippen LogP contribution in [0.15, 0.2) is 4.99 Å². The van der Waals surface area contributed by atoms with Crippen LogP contribution in [-0.2, 0) is 19.2 Å². The second kappa shape index (κ2) is 15.8. The second-order valence-corrected chi connectivity index (χ2v) is 7.70. The molecule has 0 aromatic rings. The van der Waals surface area contributed by atoms with Gasteiger partial charge in [0, 0.05) is 6.54 Å². The lowest BCUT2D eigenvalue weighted by molar-refractivity contribution is -0.145. The van der Waals surface area contributed by atoms with Crippen LogP contribution in [0.25, 0.3) is 0 Å². The fourth-order valence-corrected chi connectivity index (χ4v) is 2.74. The van der Waals surface area contributed by atoms with Crippen molar-refractivity contribution in [2.24, 2.45) is 27.9 Å². The van der Waals surface area contributed by atoms with E-state index in [0.29, 0.717) is 32.4 Å². The van der Waals surface area contributed by atoms with Gasteiger partial charge in [-0.15, -0.1) is 0 Å². The zero-order valence-electron chi connectivity index (χ0n) is 19.1. The van der Waals surface area contributed by atoms with Crippen molar-refractivity contribution in [3.05, 3.63) is 0 Å². The van der Waals surface area contributed by atoms with Crippen molar-refractivity contribution in [1.82, 2.24) is 16.0 Å². The number of guanidine groups is 1. The van der Waals surface area contributed by atoms with E-state index < -0.39 is 54.0 Å². The molecule has 0 radical (unpaired) electrons. The number of amides is 3.